The highest BCUT2D eigenvalue weighted by Crippen LogP contribution is 2.38. The minimum atomic E-state index is -0.580. The third-order valence-corrected chi connectivity index (χ3v) is 3.64. The van der Waals surface area contributed by atoms with Crippen LogP contribution in [0.1, 0.15) is 12.5 Å². The van der Waals surface area contributed by atoms with Gasteiger partial charge in [0.1, 0.15) is 11.6 Å². The molecule has 0 spiro atoms. The van der Waals surface area contributed by atoms with Crippen molar-refractivity contribution in [2.75, 3.05) is 44.3 Å². The van der Waals surface area contributed by atoms with Crippen molar-refractivity contribution in [3.05, 3.63) is 29.8 Å². The molecule has 9 nitrogen and oxygen atoms in total. The lowest BCUT2D eigenvalue weighted by atomic mass is 10.1. The molecule has 0 unspecified atom stereocenters. The summed E-state index contributed by atoms with van der Waals surface area (Å²) < 4.78 is 20.8. The van der Waals surface area contributed by atoms with E-state index in [0.717, 1.165) is 5.56 Å². The highest BCUT2D eigenvalue weighted by atomic mass is 16.5. The van der Waals surface area contributed by atoms with Crippen molar-refractivity contribution in [2.24, 2.45) is 0 Å². The molecule has 0 aliphatic heterocycles. The van der Waals surface area contributed by atoms with Crippen LogP contribution in [-0.2, 0) is 11.3 Å². The Bertz CT molecular complexity index is 772. The van der Waals surface area contributed by atoms with Crippen LogP contribution in [0.2, 0.25) is 0 Å². The molecule has 146 valence electrons. The summed E-state index contributed by atoms with van der Waals surface area (Å²) in [6.45, 7) is 2.44. The van der Waals surface area contributed by atoms with E-state index < -0.39 is 6.09 Å². The maximum Gasteiger partial charge on any atom is 0.411 e. The van der Waals surface area contributed by atoms with Gasteiger partial charge in [0.25, 0.3) is 0 Å². The van der Waals surface area contributed by atoms with Crippen molar-refractivity contribution in [1.82, 2.24) is 4.98 Å². The number of hydrogen-bond donors (Lipinski definition) is 3. The van der Waals surface area contributed by atoms with E-state index in [9.17, 15) is 4.79 Å². The first kappa shape index (κ1) is 20.0. The molecular weight excluding hydrogens is 352 g/mol. The molecule has 1 heterocycles. The largest absolute Gasteiger partial charge is 0.493 e. The molecule has 0 aliphatic carbocycles. The zero-order valence-corrected chi connectivity index (χ0v) is 15.8. The van der Waals surface area contributed by atoms with Crippen LogP contribution in [0.5, 0.6) is 17.2 Å². The summed E-state index contributed by atoms with van der Waals surface area (Å²) in [7, 11) is 4.68. The molecule has 1 aromatic carbocycles. The highest BCUT2D eigenvalue weighted by Gasteiger charge is 2.13. The fraction of sp³-hybridized carbons (Fsp3) is 0.333. The Balaban J connectivity index is 2.10. The number of nitrogens with one attached hydrogen (secondary N) is 2. The van der Waals surface area contributed by atoms with Gasteiger partial charge in [0, 0.05) is 6.54 Å². The van der Waals surface area contributed by atoms with Gasteiger partial charge in [-0.25, -0.2) is 9.78 Å². The van der Waals surface area contributed by atoms with Crippen molar-refractivity contribution in [3.63, 3.8) is 0 Å². The Hall–Kier alpha value is -3.36. The number of ether oxygens (including phenoxy) is 4. The van der Waals surface area contributed by atoms with Gasteiger partial charge in [-0.2, -0.15) is 0 Å². The maximum atomic E-state index is 11.5. The number of methoxy groups -OCH3 is 3. The standard InChI is InChI=1S/C18H24N4O5/c1-5-27-18(23)21-12-6-7-15(22-17(12)19)20-10-11-8-13(24-2)16(26-4)14(9-11)25-3/h6-9H,5,10H2,1-4H3,(H,21,23)(H3,19,20,22). The normalized spacial score (nSPS) is 10.1. The topological polar surface area (TPSA) is 117 Å². The minimum absolute atomic E-state index is 0.179. The molecule has 0 radical (unpaired) electrons. The number of nitrogens with zero attached hydrogens (tertiary/aromatic N) is 1. The number of carbonyl (C=O) groups is 1. The average molecular weight is 376 g/mol. The summed E-state index contributed by atoms with van der Waals surface area (Å²) in [6.07, 6.45) is -0.580. The second-order valence-electron chi connectivity index (χ2n) is 5.36. The molecule has 0 saturated heterocycles. The summed E-state index contributed by atoms with van der Waals surface area (Å²) in [5, 5.41) is 5.69. The van der Waals surface area contributed by atoms with E-state index in [2.05, 4.69) is 15.6 Å². The van der Waals surface area contributed by atoms with E-state index in [1.807, 2.05) is 12.1 Å². The monoisotopic (exact) mass is 376 g/mol. The van der Waals surface area contributed by atoms with Gasteiger partial charge >= 0.3 is 6.09 Å². The Labute approximate surface area is 157 Å². The Morgan fingerprint density at radius 1 is 1.11 bits per heavy atom. The molecule has 0 aliphatic rings. The van der Waals surface area contributed by atoms with Crippen LogP contribution < -0.4 is 30.6 Å². The first-order valence-electron chi connectivity index (χ1n) is 8.25. The van der Waals surface area contributed by atoms with E-state index in [0.29, 0.717) is 35.3 Å². The minimum Gasteiger partial charge on any atom is -0.493 e. The highest BCUT2D eigenvalue weighted by molar-refractivity contribution is 5.88. The lowest BCUT2D eigenvalue weighted by molar-refractivity contribution is 0.168. The Morgan fingerprint density at radius 3 is 2.30 bits per heavy atom. The summed E-state index contributed by atoms with van der Waals surface area (Å²) in [4.78, 5) is 15.7. The first-order valence-corrected chi connectivity index (χ1v) is 8.25. The number of amides is 1. The fourth-order valence-electron chi connectivity index (χ4n) is 2.39. The van der Waals surface area contributed by atoms with Crippen LogP contribution in [0.3, 0.4) is 0 Å². The van der Waals surface area contributed by atoms with Crippen LogP contribution in [0.15, 0.2) is 24.3 Å². The van der Waals surface area contributed by atoms with E-state index in [1.165, 1.54) is 0 Å². The second kappa shape index (κ2) is 9.37. The summed E-state index contributed by atoms with van der Waals surface area (Å²) in [5.41, 5.74) is 7.17. The van der Waals surface area contributed by atoms with Crippen LogP contribution in [0.25, 0.3) is 0 Å². The number of carbonyl (C=O) groups excluding carboxylic acids is 1. The smallest absolute Gasteiger partial charge is 0.411 e. The molecule has 1 amide bonds. The van der Waals surface area contributed by atoms with Crippen LogP contribution in [-0.4, -0.2) is 39.0 Å². The van der Waals surface area contributed by atoms with Gasteiger partial charge in [-0.1, -0.05) is 0 Å². The van der Waals surface area contributed by atoms with Crippen LogP contribution in [0.4, 0.5) is 22.1 Å². The number of rotatable bonds is 8. The summed E-state index contributed by atoms with van der Waals surface area (Å²) in [5.74, 6) is 2.39. The molecule has 0 bridgehead atoms. The lowest BCUT2D eigenvalue weighted by Gasteiger charge is -2.15. The fourth-order valence-corrected chi connectivity index (χ4v) is 2.39. The molecule has 27 heavy (non-hydrogen) atoms. The molecule has 2 aromatic rings. The third-order valence-electron chi connectivity index (χ3n) is 3.64. The van der Waals surface area contributed by atoms with E-state index >= 15 is 0 Å². The molecule has 0 saturated carbocycles. The third kappa shape index (κ3) is 5.06. The van der Waals surface area contributed by atoms with Gasteiger partial charge in [-0.15, -0.1) is 0 Å². The molecule has 0 atom stereocenters. The number of pyridine rings is 1. The molecule has 2 rings (SSSR count). The van der Waals surface area contributed by atoms with Gasteiger partial charge in [0.2, 0.25) is 5.75 Å². The lowest BCUT2D eigenvalue weighted by Crippen LogP contribution is -2.15. The number of hydrogen-bond acceptors (Lipinski definition) is 8. The zero-order chi connectivity index (χ0) is 19.8. The predicted molar refractivity (Wildman–Crippen MR) is 103 cm³/mol. The van der Waals surface area contributed by atoms with Crippen molar-refractivity contribution < 1.29 is 23.7 Å². The van der Waals surface area contributed by atoms with Crippen molar-refractivity contribution >= 4 is 23.4 Å². The Kier molecular flexibility index (Phi) is 6.93. The van der Waals surface area contributed by atoms with Gasteiger partial charge in [0.05, 0.1) is 33.6 Å². The quantitative estimate of drug-likeness (QED) is 0.644. The van der Waals surface area contributed by atoms with E-state index in [4.69, 9.17) is 24.7 Å². The van der Waals surface area contributed by atoms with Crippen molar-refractivity contribution in [1.29, 1.82) is 0 Å². The van der Waals surface area contributed by atoms with Crippen LogP contribution >= 0.6 is 0 Å². The second-order valence-corrected chi connectivity index (χ2v) is 5.36. The van der Waals surface area contributed by atoms with Gasteiger partial charge in [-0.3, -0.25) is 5.32 Å². The first-order chi connectivity index (χ1) is 13.0. The number of benzene rings is 1. The molecule has 0 fully saturated rings. The molecule has 1 aromatic heterocycles. The van der Waals surface area contributed by atoms with Crippen LogP contribution in [0, 0.1) is 0 Å². The van der Waals surface area contributed by atoms with Crippen molar-refractivity contribution in [3.8, 4) is 17.2 Å². The number of nitrogens with two attached hydrogens (primary N) is 1. The van der Waals surface area contributed by atoms with Crippen molar-refractivity contribution in [2.45, 2.75) is 13.5 Å². The maximum absolute atomic E-state index is 11.5. The van der Waals surface area contributed by atoms with Gasteiger partial charge in [0.15, 0.2) is 11.5 Å². The number of anilines is 3. The van der Waals surface area contributed by atoms with E-state index in [1.54, 1.807) is 40.4 Å². The average Bonchev–Trinajstić information content (AvgIpc) is 2.67. The molecular formula is C18H24N4O5. The number of aromatic nitrogens is 1. The number of nitrogen functional groups attached to an aromatic ring is 1. The summed E-state index contributed by atoms with van der Waals surface area (Å²) in [6, 6.07) is 7.04. The summed E-state index contributed by atoms with van der Waals surface area (Å²) >= 11 is 0. The Morgan fingerprint density at radius 2 is 1.78 bits per heavy atom. The zero-order valence-electron chi connectivity index (χ0n) is 15.8. The SMILES string of the molecule is CCOC(=O)Nc1ccc(NCc2cc(OC)c(OC)c(OC)c2)nc1N. The molecule has 9 heteroatoms. The van der Waals surface area contributed by atoms with E-state index in [-0.39, 0.29) is 12.4 Å². The predicted octanol–water partition coefficient (Wildman–Crippen LogP) is 2.87. The van der Waals surface area contributed by atoms with Gasteiger partial charge < -0.3 is 30.0 Å². The van der Waals surface area contributed by atoms with Gasteiger partial charge in [-0.05, 0) is 36.8 Å². The molecule has 4 N–H and O–H groups in total.